The molecule has 332 valence electrons. The molecule has 3 nitrogen and oxygen atoms in total. The maximum Gasteiger partial charge on any atom is 0.198 e. The van der Waals surface area contributed by atoms with Crippen molar-refractivity contribution in [1.29, 1.82) is 0 Å². The average Bonchev–Trinajstić information content (AvgIpc) is 4.03. The van der Waals surface area contributed by atoms with Gasteiger partial charge in [-0.1, -0.05) is 141 Å². The van der Waals surface area contributed by atoms with E-state index < -0.39 is 0 Å². The zero-order chi connectivity index (χ0) is 46.4. The van der Waals surface area contributed by atoms with Crippen LogP contribution < -0.4 is 16.2 Å². The van der Waals surface area contributed by atoms with Gasteiger partial charge in [0.05, 0.1) is 5.52 Å². The first kappa shape index (κ1) is 40.5. The monoisotopic (exact) mass is 898 g/mol. The molecule has 0 saturated carbocycles. The molecule has 14 rings (SSSR count). The Labute approximate surface area is 403 Å². The van der Waals surface area contributed by atoms with Crippen LogP contribution in [0.15, 0.2) is 138 Å². The highest BCUT2D eigenvalue weighted by Gasteiger charge is 2.40. The average molecular weight is 899 g/mol. The number of rotatable bonds is 3. The van der Waals surface area contributed by atoms with E-state index in [2.05, 4.69) is 206 Å². The Morgan fingerprint density at radius 1 is 0.588 bits per heavy atom. The van der Waals surface area contributed by atoms with E-state index >= 15 is 0 Å². The summed E-state index contributed by atoms with van der Waals surface area (Å²) < 4.78 is 12.4. The normalized spacial score (nSPS) is 16.4. The quantitative estimate of drug-likeness (QED) is 0.179. The third kappa shape index (κ3) is 5.48. The molecule has 0 radical (unpaired) electrons. The number of fused-ring (bicyclic) bond motifs is 16. The Bertz CT molecular complexity index is 4030. The minimum atomic E-state index is -0.102. The van der Waals surface area contributed by atoms with Crippen LogP contribution in [-0.4, -0.2) is 11.8 Å². The van der Waals surface area contributed by atoms with Gasteiger partial charge >= 0.3 is 0 Å². The lowest BCUT2D eigenvalue weighted by Gasteiger charge is -2.41. The van der Waals surface area contributed by atoms with E-state index in [-0.39, 0.29) is 21.7 Å². The molecule has 2 aliphatic carbocycles. The van der Waals surface area contributed by atoms with Crippen molar-refractivity contribution in [2.24, 2.45) is 0 Å². The highest BCUT2D eigenvalue weighted by atomic mass is 32.1. The van der Waals surface area contributed by atoms with Crippen molar-refractivity contribution in [3.8, 4) is 27.9 Å². The van der Waals surface area contributed by atoms with Crippen molar-refractivity contribution in [3.05, 3.63) is 161 Å². The number of aromatic nitrogens is 1. The molecule has 8 aromatic carbocycles. The van der Waals surface area contributed by atoms with Crippen molar-refractivity contribution in [2.75, 3.05) is 5.32 Å². The Morgan fingerprint density at radius 2 is 1.31 bits per heavy atom. The molecular weight excluding hydrogens is 844 g/mol. The summed E-state index contributed by atoms with van der Waals surface area (Å²) in [7, 11) is 0.821. The van der Waals surface area contributed by atoms with E-state index in [1.165, 1.54) is 115 Å². The van der Waals surface area contributed by atoms with Crippen molar-refractivity contribution in [3.63, 3.8) is 0 Å². The van der Waals surface area contributed by atoms with Crippen LogP contribution in [0.3, 0.4) is 0 Å². The zero-order valence-electron chi connectivity index (χ0n) is 40.6. The molecule has 0 bridgehead atoms. The van der Waals surface area contributed by atoms with Crippen LogP contribution >= 0.6 is 11.3 Å². The fraction of sp³-hybridized carbons (Fsp3) is 0.238. The SMILES string of the molecule is CC(C)(C)c1ccc(Nc2cc3c(cc2-c2ccc4c5c6c(ccc5n5c4c2Bc2cc4sc7ccccc7c4cc2-5)C(C)(C)c2ccccc2-6)oc2cc4c(cc23)C(C)(C)CCC4(C)C)cc1. The van der Waals surface area contributed by atoms with Crippen LogP contribution in [0.5, 0.6) is 0 Å². The lowest BCUT2D eigenvalue weighted by atomic mass is 9.59. The van der Waals surface area contributed by atoms with E-state index in [4.69, 9.17) is 4.42 Å². The second kappa shape index (κ2) is 13.4. The molecule has 5 heteroatoms. The Morgan fingerprint density at radius 3 is 2.10 bits per heavy atom. The van der Waals surface area contributed by atoms with Gasteiger partial charge in [0, 0.05) is 75.3 Å². The number of hydrogen-bond donors (Lipinski definition) is 1. The highest BCUT2D eigenvalue weighted by molar-refractivity contribution is 7.26. The second-order valence-corrected chi connectivity index (χ2v) is 24.3. The standard InChI is InChI=1S/C63H55BN2OS/c1-60(2,3)34-18-20-35(21-19-34)65-49-29-42-41-28-46-47(62(6,7)27-26-61(46,4)5)32-53(41)67-52(42)31-40(49)37-22-23-39-57-50(25-24-45-56(57)38-15-10-12-16-44(38)63(45,8)9)66-51-30-43-36-14-11-13-17-54(36)68-55(43)33-48(51)64-58(37)59(39)66/h10-25,28-33,64-65H,26-27H2,1-9H3. The van der Waals surface area contributed by atoms with Crippen LogP contribution in [0.2, 0.25) is 0 Å². The van der Waals surface area contributed by atoms with Gasteiger partial charge in [-0.15, -0.1) is 11.3 Å². The summed E-state index contributed by atoms with van der Waals surface area (Å²) >= 11 is 1.91. The third-order valence-corrected chi connectivity index (χ3v) is 18.0. The number of nitrogens with one attached hydrogen (secondary N) is 1. The van der Waals surface area contributed by atoms with Crippen LogP contribution in [0.4, 0.5) is 11.4 Å². The number of benzene rings is 8. The van der Waals surface area contributed by atoms with Crippen molar-refractivity contribution in [1.82, 2.24) is 4.57 Å². The summed E-state index contributed by atoms with van der Waals surface area (Å²) in [5.41, 5.74) is 22.9. The van der Waals surface area contributed by atoms with Gasteiger partial charge in [0.25, 0.3) is 0 Å². The Hall–Kier alpha value is -6.56. The summed E-state index contributed by atoms with van der Waals surface area (Å²) in [6.07, 6.45) is 2.33. The largest absolute Gasteiger partial charge is 0.456 e. The molecule has 1 N–H and O–H groups in total. The first-order valence-corrected chi connectivity index (χ1v) is 25.5. The maximum absolute atomic E-state index is 7.05. The summed E-state index contributed by atoms with van der Waals surface area (Å²) in [5, 5.41) is 11.7. The van der Waals surface area contributed by atoms with Gasteiger partial charge in [-0.05, 0) is 140 Å². The van der Waals surface area contributed by atoms with E-state index in [9.17, 15) is 0 Å². The lowest BCUT2D eigenvalue weighted by Crippen LogP contribution is -2.37. The molecular formula is C63H55BN2OS. The van der Waals surface area contributed by atoms with Gasteiger partial charge in [-0.25, -0.2) is 0 Å². The number of thiophene rings is 1. The predicted molar refractivity (Wildman–Crippen MR) is 294 cm³/mol. The van der Waals surface area contributed by atoms with E-state index in [1.54, 1.807) is 0 Å². The summed E-state index contributed by atoms with van der Waals surface area (Å²) in [6, 6.07) is 51.4. The van der Waals surface area contributed by atoms with Crippen molar-refractivity contribution >= 4 is 105 Å². The number of anilines is 2. The van der Waals surface area contributed by atoms with Gasteiger partial charge in [0.2, 0.25) is 0 Å². The fourth-order valence-corrected chi connectivity index (χ4v) is 14.0. The summed E-state index contributed by atoms with van der Waals surface area (Å²) in [6.45, 7) is 21.3. The molecule has 68 heavy (non-hydrogen) atoms. The minimum absolute atomic E-state index is 0.0615. The van der Waals surface area contributed by atoms with Gasteiger partial charge in [-0.3, -0.25) is 0 Å². The Balaban J connectivity index is 1.07. The molecule has 3 aliphatic rings. The van der Waals surface area contributed by atoms with Gasteiger partial charge < -0.3 is 14.3 Å². The fourth-order valence-electron chi connectivity index (χ4n) is 12.9. The van der Waals surface area contributed by atoms with Crippen LogP contribution in [-0.2, 0) is 21.7 Å². The molecule has 3 aromatic heterocycles. The lowest BCUT2D eigenvalue weighted by molar-refractivity contribution is 0.332. The summed E-state index contributed by atoms with van der Waals surface area (Å²) in [4.78, 5) is 0. The molecule has 0 amide bonds. The van der Waals surface area contributed by atoms with Crippen LogP contribution in [0.25, 0.3) is 91.9 Å². The topological polar surface area (TPSA) is 30.1 Å². The van der Waals surface area contributed by atoms with Crippen molar-refractivity contribution < 1.29 is 4.42 Å². The predicted octanol–water partition coefficient (Wildman–Crippen LogP) is 16.1. The third-order valence-electron chi connectivity index (χ3n) is 16.8. The smallest absolute Gasteiger partial charge is 0.198 e. The minimum Gasteiger partial charge on any atom is -0.456 e. The molecule has 0 spiro atoms. The van der Waals surface area contributed by atoms with Gasteiger partial charge in [-0.2, -0.15) is 0 Å². The van der Waals surface area contributed by atoms with Gasteiger partial charge in [0.1, 0.15) is 11.2 Å². The summed E-state index contributed by atoms with van der Waals surface area (Å²) in [5.74, 6) is 0. The van der Waals surface area contributed by atoms with Gasteiger partial charge in [0.15, 0.2) is 7.28 Å². The number of furan rings is 1. The first-order valence-electron chi connectivity index (χ1n) is 24.7. The van der Waals surface area contributed by atoms with Crippen LogP contribution in [0, 0.1) is 0 Å². The number of hydrogen-bond acceptors (Lipinski definition) is 3. The molecule has 0 atom stereocenters. The van der Waals surface area contributed by atoms with E-state index in [0.717, 1.165) is 47.2 Å². The molecule has 4 heterocycles. The molecule has 1 aliphatic heterocycles. The Kier molecular flexibility index (Phi) is 7.96. The van der Waals surface area contributed by atoms with Crippen LogP contribution in [0.1, 0.15) is 103 Å². The van der Waals surface area contributed by atoms with E-state index in [1.807, 2.05) is 11.3 Å². The highest BCUT2D eigenvalue weighted by Crippen LogP contribution is 2.54. The molecule has 11 aromatic rings. The molecule has 0 unspecified atom stereocenters. The molecule has 0 fully saturated rings. The molecule has 0 saturated heterocycles. The first-order chi connectivity index (χ1) is 32.5. The van der Waals surface area contributed by atoms with Crippen molar-refractivity contribution in [2.45, 2.75) is 96.8 Å². The maximum atomic E-state index is 7.05. The number of nitrogens with zero attached hydrogens (tertiary/aromatic N) is 1. The van der Waals surface area contributed by atoms with E-state index in [0.29, 0.717) is 0 Å². The second-order valence-electron chi connectivity index (χ2n) is 23.2. The zero-order valence-corrected chi connectivity index (χ0v) is 41.4.